The minimum atomic E-state index is -0.748. The van der Waals surface area contributed by atoms with E-state index >= 15 is 0 Å². The van der Waals surface area contributed by atoms with Gasteiger partial charge in [0.25, 0.3) is 0 Å². The highest BCUT2D eigenvalue weighted by molar-refractivity contribution is 5.83. The Balaban J connectivity index is 0.990. The quantitative estimate of drug-likeness (QED) is 0.238. The van der Waals surface area contributed by atoms with Crippen molar-refractivity contribution in [3.8, 4) is 0 Å². The summed E-state index contributed by atoms with van der Waals surface area (Å²) in [5.41, 5.74) is 4.58. The predicted octanol–water partition coefficient (Wildman–Crippen LogP) is 3.21. The Labute approximate surface area is 289 Å². The van der Waals surface area contributed by atoms with Crippen LogP contribution in [0.2, 0.25) is 0 Å². The van der Waals surface area contributed by atoms with Crippen LogP contribution in [-0.4, -0.2) is 119 Å². The molecule has 0 spiro atoms. The van der Waals surface area contributed by atoms with Gasteiger partial charge in [-0.05, 0) is 81.8 Å². The summed E-state index contributed by atoms with van der Waals surface area (Å²) >= 11 is 0. The number of rotatable bonds is 13. The smallest absolute Gasteiger partial charge is 0.237 e. The number of likely N-dealkylation sites (N-methyl/N-ethyl adjacent to an activating group) is 1. The second-order valence-corrected chi connectivity index (χ2v) is 15.1. The Hall–Kier alpha value is -2.93. The number of alkyl halides is 1. The van der Waals surface area contributed by atoms with Gasteiger partial charge in [-0.2, -0.15) is 5.10 Å². The molecule has 11 heteroatoms. The number of benzene rings is 2. The fourth-order valence-corrected chi connectivity index (χ4v) is 8.56. The molecule has 4 saturated heterocycles. The van der Waals surface area contributed by atoms with E-state index in [1.165, 1.54) is 11.1 Å². The van der Waals surface area contributed by atoms with E-state index in [1.54, 1.807) is 0 Å². The number of amides is 1. The highest BCUT2D eigenvalue weighted by Crippen LogP contribution is 2.39. The fourth-order valence-electron chi connectivity index (χ4n) is 8.56. The lowest BCUT2D eigenvalue weighted by atomic mass is 9.85. The highest BCUT2D eigenvalue weighted by Gasteiger charge is 2.51. The molecule has 10 nitrogen and oxygen atoms in total. The lowest BCUT2D eigenvalue weighted by molar-refractivity contribution is -0.130. The minimum absolute atomic E-state index is 0.0332. The number of carbonyl (C=O) groups is 1. The molecule has 3 aromatic rings. The molecule has 4 aliphatic rings. The molecular formula is C38H54FN7O3. The summed E-state index contributed by atoms with van der Waals surface area (Å²) in [4.78, 5) is 20.4. The predicted molar refractivity (Wildman–Crippen MR) is 188 cm³/mol. The molecule has 3 N–H and O–H groups in total. The van der Waals surface area contributed by atoms with E-state index in [2.05, 4.69) is 74.7 Å². The number of carbonyl (C=O) groups excluding carboxylic acids is 1. The van der Waals surface area contributed by atoms with Crippen molar-refractivity contribution in [2.45, 2.75) is 88.8 Å². The second-order valence-electron chi connectivity index (χ2n) is 15.1. The molecule has 0 radical (unpaired) electrons. The molecule has 3 unspecified atom stereocenters. The molecular weight excluding hydrogens is 621 g/mol. The van der Waals surface area contributed by atoms with Crippen LogP contribution >= 0.6 is 0 Å². The van der Waals surface area contributed by atoms with E-state index in [1.807, 2.05) is 30.1 Å². The van der Waals surface area contributed by atoms with Gasteiger partial charge in [-0.25, -0.2) is 4.39 Å². The number of likely N-dealkylation sites (tertiary alicyclic amines) is 2. The maximum Gasteiger partial charge on any atom is 0.237 e. The number of halogens is 1. The Kier molecular flexibility index (Phi) is 10.7. The van der Waals surface area contributed by atoms with Gasteiger partial charge in [0.15, 0.2) is 0 Å². The number of ether oxygens (including phenoxy) is 1. The highest BCUT2D eigenvalue weighted by atomic mass is 19.1. The van der Waals surface area contributed by atoms with Crippen LogP contribution in [0, 0.1) is 18.8 Å². The van der Waals surface area contributed by atoms with Crippen LogP contribution < -0.4 is 10.6 Å². The fraction of sp³-hybridized carbons (Fsp3) is 0.632. The molecule has 0 bridgehead atoms. The third-order valence-corrected chi connectivity index (χ3v) is 11.5. The van der Waals surface area contributed by atoms with Crippen molar-refractivity contribution < 1.29 is 19.0 Å². The second kappa shape index (κ2) is 15.1. The van der Waals surface area contributed by atoms with Crippen molar-refractivity contribution in [1.29, 1.82) is 0 Å². The van der Waals surface area contributed by atoms with Crippen molar-refractivity contribution in [2.24, 2.45) is 18.9 Å². The van der Waals surface area contributed by atoms with Crippen LogP contribution in [0.1, 0.15) is 48.8 Å². The van der Waals surface area contributed by atoms with Crippen molar-refractivity contribution in [3.63, 3.8) is 0 Å². The number of aryl methyl sites for hydroxylation is 2. The Morgan fingerprint density at radius 2 is 2.00 bits per heavy atom. The van der Waals surface area contributed by atoms with Crippen molar-refractivity contribution in [3.05, 3.63) is 65.4 Å². The Morgan fingerprint density at radius 3 is 2.80 bits per heavy atom. The topological polar surface area (TPSA) is 101 Å². The van der Waals surface area contributed by atoms with Gasteiger partial charge in [0.1, 0.15) is 24.7 Å². The zero-order valence-corrected chi connectivity index (χ0v) is 29.3. The van der Waals surface area contributed by atoms with Gasteiger partial charge in [0, 0.05) is 70.1 Å². The Morgan fingerprint density at radius 1 is 1.18 bits per heavy atom. The third-order valence-electron chi connectivity index (χ3n) is 11.5. The van der Waals surface area contributed by atoms with Crippen LogP contribution in [-0.2, 0) is 29.5 Å². The van der Waals surface area contributed by atoms with Gasteiger partial charge < -0.3 is 20.5 Å². The molecule has 1 aromatic heterocycles. The van der Waals surface area contributed by atoms with E-state index in [9.17, 15) is 14.3 Å². The number of nitrogens with zero attached hydrogens (tertiary/aromatic N) is 5. The molecule has 0 saturated carbocycles. The zero-order chi connectivity index (χ0) is 34.1. The molecule has 4 fully saturated rings. The number of aromatic nitrogens is 2. The third kappa shape index (κ3) is 8.18. The van der Waals surface area contributed by atoms with Gasteiger partial charge in [0.05, 0.1) is 17.8 Å². The molecule has 5 heterocycles. The summed E-state index contributed by atoms with van der Waals surface area (Å²) in [6.07, 6.45) is 5.48. The van der Waals surface area contributed by atoms with Gasteiger partial charge in [-0.15, -0.1) is 0 Å². The average Bonchev–Trinajstić information content (AvgIpc) is 3.37. The molecule has 2 aromatic carbocycles. The monoisotopic (exact) mass is 675 g/mol. The summed E-state index contributed by atoms with van der Waals surface area (Å²) in [7, 11) is 4.03. The summed E-state index contributed by atoms with van der Waals surface area (Å²) in [5, 5.41) is 24.2. The number of hydrogen-bond acceptors (Lipinski definition) is 8. The standard InChI is InChI=1S/C38H54FN7O3/c1-25-6-8-26(9-7-25)17-28-19-34(37(48)41-21-27-10-11-33-29(18-27)22-42-44(33)3)46(23-28)35(47)20-32-31(5-4-13-40-32)36-38(49-36)43(2)15-16-45-14-12-30(39)24-45/h6-11,18,22,28,30-32,34-36,38,40,47H,4-5,12-17,19-21,23-24H2,1-3H3,(H,41,48)/t28-,30+,31+,32+,34+,35?,36?,38?/m1/s1. The SMILES string of the molecule is Cc1ccc(C[C@@H]2C[C@@H](C(=O)NCc3ccc4c(cnn4C)c3)N(C(O)C[C@@H]3NCCC[C@@H]3C3OC3N(C)CCN3CC[C@H](F)C3)C2)cc1. The average molecular weight is 676 g/mol. The van der Waals surface area contributed by atoms with E-state index in [0.29, 0.717) is 44.8 Å². The van der Waals surface area contributed by atoms with Crippen molar-refractivity contribution in [1.82, 2.24) is 35.1 Å². The van der Waals surface area contributed by atoms with Gasteiger partial charge >= 0.3 is 0 Å². The largest absolute Gasteiger partial charge is 0.378 e. The van der Waals surface area contributed by atoms with E-state index < -0.39 is 18.4 Å². The molecule has 49 heavy (non-hydrogen) atoms. The normalized spacial score (nSPS) is 30.0. The molecule has 8 atom stereocenters. The van der Waals surface area contributed by atoms with Crippen molar-refractivity contribution in [2.75, 3.05) is 46.3 Å². The van der Waals surface area contributed by atoms with Crippen LogP contribution in [0.25, 0.3) is 10.9 Å². The van der Waals surface area contributed by atoms with E-state index in [0.717, 1.165) is 61.9 Å². The molecule has 1 amide bonds. The van der Waals surface area contributed by atoms with Crippen LogP contribution in [0.5, 0.6) is 0 Å². The first-order valence-corrected chi connectivity index (χ1v) is 18.3. The molecule has 0 aliphatic carbocycles. The zero-order valence-electron chi connectivity index (χ0n) is 29.3. The maximum atomic E-state index is 13.9. The summed E-state index contributed by atoms with van der Waals surface area (Å²) in [5.74, 6) is 0.524. The van der Waals surface area contributed by atoms with E-state index in [-0.39, 0.29) is 30.2 Å². The number of piperidine rings is 1. The molecule has 266 valence electrons. The van der Waals surface area contributed by atoms with E-state index in [4.69, 9.17) is 4.74 Å². The maximum absolute atomic E-state index is 13.9. The lowest BCUT2D eigenvalue weighted by Crippen LogP contribution is -2.52. The molecule has 7 rings (SSSR count). The number of nitrogens with one attached hydrogen (secondary N) is 2. The van der Waals surface area contributed by atoms with Gasteiger partial charge in [-0.1, -0.05) is 35.9 Å². The number of hydrogen-bond donors (Lipinski definition) is 3. The number of aliphatic hydroxyl groups is 1. The summed E-state index contributed by atoms with van der Waals surface area (Å²) < 4.78 is 21.8. The summed E-state index contributed by atoms with van der Waals surface area (Å²) in [6, 6.07) is 14.5. The van der Waals surface area contributed by atoms with Gasteiger partial charge in [0.2, 0.25) is 5.91 Å². The minimum Gasteiger partial charge on any atom is -0.378 e. The first-order chi connectivity index (χ1) is 23.7. The van der Waals surface area contributed by atoms with Crippen molar-refractivity contribution >= 4 is 16.8 Å². The first-order valence-electron chi connectivity index (χ1n) is 18.3. The number of fused-ring (bicyclic) bond motifs is 1. The van der Waals surface area contributed by atoms with Crippen LogP contribution in [0.15, 0.2) is 48.7 Å². The lowest BCUT2D eigenvalue weighted by Gasteiger charge is -2.37. The van der Waals surface area contributed by atoms with Crippen LogP contribution in [0.4, 0.5) is 4.39 Å². The molecule has 4 aliphatic heterocycles. The summed E-state index contributed by atoms with van der Waals surface area (Å²) in [6.45, 7) is 7.20. The first kappa shape index (κ1) is 34.5. The number of epoxide rings is 1. The Bertz CT molecular complexity index is 1570. The number of aliphatic hydroxyl groups excluding tert-OH is 1. The van der Waals surface area contributed by atoms with Crippen LogP contribution in [0.3, 0.4) is 0 Å². The van der Waals surface area contributed by atoms with Gasteiger partial charge in [-0.3, -0.25) is 24.2 Å².